The van der Waals surface area contributed by atoms with Gasteiger partial charge in [0.05, 0.1) is 6.61 Å². The highest BCUT2D eigenvalue weighted by Gasteiger charge is 2.14. The van der Waals surface area contributed by atoms with E-state index in [1.807, 2.05) is 26.8 Å². The number of allylic oxidation sites excluding steroid dienone is 1. The highest BCUT2D eigenvalue weighted by Crippen LogP contribution is 2.06. The van der Waals surface area contributed by atoms with E-state index in [0.29, 0.717) is 26.0 Å². The van der Waals surface area contributed by atoms with Gasteiger partial charge in [0, 0.05) is 13.0 Å². The largest absolute Gasteiger partial charge is 0.466 e. The first-order valence-corrected chi connectivity index (χ1v) is 6.12. The molecular formula is C13H23NO4. The Balaban J connectivity index is 3.60. The maximum Gasteiger partial charge on any atom is 0.407 e. The lowest BCUT2D eigenvalue weighted by molar-refractivity contribution is -0.143. The molecule has 1 amide bonds. The van der Waals surface area contributed by atoms with Crippen molar-refractivity contribution in [2.45, 2.75) is 46.1 Å². The number of nitrogens with one attached hydrogen (secondary N) is 1. The number of esters is 1. The molecule has 0 aromatic carbocycles. The normalized spacial score (nSPS) is 11.3. The van der Waals surface area contributed by atoms with Crippen LogP contribution in [0.3, 0.4) is 0 Å². The monoisotopic (exact) mass is 257 g/mol. The van der Waals surface area contributed by atoms with E-state index in [1.165, 1.54) is 0 Å². The van der Waals surface area contributed by atoms with Gasteiger partial charge in [-0.25, -0.2) is 4.79 Å². The van der Waals surface area contributed by atoms with E-state index in [1.54, 1.807) is 13.0 Å². The van der Waals surface area contributed by atoms with Crippen molar-refractivity contribution < 1.29 is 19.1 Å². The number of carbonyl (C=O) groups excluding carboxylic acids is 2. The Kier molecular flexibility index (Phi) is 7.83. The topological polar surface area (TPSA) is 64.6 Å². The lowest BCUT2D eigenvalue weighted by atomic mass is 10.2. The van der Waals surface area contributed by atoms with Gasteiger partial charge in [-0.3, -0.25) is 4.79 Å². The zero-order valence-electron chi connectivity index (χ0n) is 11.6. The minimum atomic E-state index is -0.488. The Hall–Kier alpha value is -1.52. The Morgan fingerprint density at radius 2 is 1.89 bits per heavy atom. The molecule has 0 heterocycles. The van der Waals surface area contributed by atoms with Gasteiger partial charge in [-0.1, -0.05) is 12.2 Å². The summed E-state index contributed by atoms with van der Waals surface area (Å²) >= 11 is 0. The summed E-state index contributed by atoms with van der Waals surface area (Å²) in [4.78, 5) is 22.2. The first kappa shape index (κ1) is 16.5. The Labute approximate surface area is 109 Å². The molecule has 0 saturated carbocycles. The Morgan fingerprint density at radius 1 is 1.22 bits per heavy atom. The van der Waals surface area contributed by atoms with Crippen molar-refractivity contribution in [3.8, 4) is 0 Å². The SMILES string of the molecule is CCOC(=O)CC/C=C\CNC(=O)OC(C)(C)C. The van der Waals surface area contributed by atoms with Gasteiger partial charge in [0.2, 0.25) is 0 Å². The number of rotatable bonds is 6. The van der Waals surface area contributed by atoms with Crippen LogP contribution in [0.2, 0.25) is 0 Å². The predicted molar refractivity (Wildman–Crippen MR) is 69.2 cm³/mol. The third-order valence-corrected chi connectivity index (χ3v) is 1.75. The molecule has 0 aromatic rings. The molecule has 0 spiro atoms. The molecule has 0 aliphatic heterocycles. The molecule has 0 saturated heterocycles. The molecule has 0 atom stereocenters. The van der Waals surface area contributed by atoms with Crippen molar-refractivity contribution in [1.29, 1.82) is 0 Å². The summed E-state index contributed by atoms with van der Waals surface area (Å²) in [6.45, 7) is 7.99. The lowest BCUT2D eigenvalue weighted by Crippen LogP contribution is -2.32. The van der Waals surface area contributed by atoms with Crippen molar-refractivity contribution in [2.75, 3.05) is 13.2 Å². The maximum atomic E-state index is 11.2. The maximum absolute atomic E-state index is 11.2. The van der Waals surface area contributed by atoms with Crippen LogP contribution in [-0.4, -0.2) is 30.8 Å². The smallest absolute Gasteiger partial charge is 0.407 e. The number of amides is 1. The zero-order chi connectivity index (χ0) is 14.0. The van der Waals surface area contributed by atoms with Crippen LogP contribution in [0.25, 0.3) is 0 Å². The third-order valence-electron chi connectivity index (χ3n) is 1.75. The second-order valence-corrected chi connectivity index (χ2v) is 4.70. The molecule has 0 rings (SSSR count). The third kappa shape index (κ3) is 11.0. The number of alkyl carbamates (subject to hydrolysis) is 1. The van der Waals surface area contributed by atoms with Crippen molar-refractivity contribution in [1.82, 2.24) is 5.32 Å². The zero-order valence-corrected chi connectivity index (χ0v) is 11.6. The molecule has 5 nitrogen and oxygen atoms in total. The summed E-state index contributed by atoms with van der Waals surface area (Å²) in [5, 5.41) is 2.59. The molecule has 0 fully saturated rings. The van der Waals surface area contributed by atoms with Crippen molar-refractivity contribution in [3.63, 3.8) is 0 Å². The first-order chi connectivity index (χ1) is 8.35. The summed E-state index contributed by atoms with van der Waals surface area (Å²) in [7, 11) is 0. The number of carbonyl (C=O) groups is 2. The van der Waals surface area contributed by atoms with E-state index >= 15 is 0 Å². The van der Waals surface area contributed by atoms with Crippen LogP contribution in [0.15, 0.2) is 12.2 Å². The van der Waals surface area contributed by atoms with Crippen LogP contribution in [0.1, 0.15) is 40.5 Å². The first-order valence-electron chi connectivity index (χ1n) is 6.12. The molecule has 1 N–H and O–H groups in total. The number of hydrogen-bond acceptors (Lipinski definition) is 4. The molecule has 0 aliphatic carbocycles. The summed E-state index contributed by atoms with van der Waals surface area (Å²) in [5.74, 6) is -0.206. The molecule has 5 heteroatoms. The van der Waals surface area contributed by atoms with Gasteiger partial charge >= 0.3 is 12.1 Å². The minimum Gasteiger partial charge on any atom is -0.466 e. The molecule has 104 valence electrons. The second-order valence-electron chi connectivity index (χ2n) is 4.70. The Morgan fingerprint density at radius 3 is 2.44 bits per heavy atom. The molecule has 0 unspecified atom stereocenters. The fourth-order valence-corrected chi connectivity index (χ4v) is 1.09. The molecule has 0 aliphatic rings. The summed E-state index contributed by atoms with van der Waals surface area (Å²) in [5.41, 5.74) is -0.488. The van der Waals surface area contributed by atoms with Crippen LogP contribution < -0.4 is 5.32 Å². The van der Waals surface area contributed by atoms with Gasteiger partial charge in [-0.15, -0.1) is 0 Å². The minimum absolute atomic E-state index is 0.206. The number of ether oxygens (including phenoxy) is 2. The summed E-state index contributed by atoms with van der Waals surface area (Å²) < 4.78 is 9.84. The van der Waals surface area contributed by atoms with Crippen molar-refractivity contribution >= 4 is 12.1 Å². The molecular weight excluding hydrogens is 234 g/mol. The van der Waals surface area contributed by atoms with Crippen LogP contribution >= 0.6 is 0 Å². The highest BCUT2D eigenvalue weighted by atomic mass is 16.6. The van der Waals surface area contributed by atoms with Crippen molar-refractivity contribution in [3.05, 3.63) is 12.2 Å². The van der Waals surface area contributed by atoms with Gasteiger partial charge in [-0.05, 0) is 34.1 Å². The predicted octanol–water partition coefficient (Wildman–Crippen LogP) is 2.41. The van der Waals surface area contributed by atoms with Gasteiger partial charge in [0.25, 0.3) is 0 Å². The standard InChI is InChI=1S/C13H23NO4/c1-5-17-11(15)9-7-6-8-10-14-12(16)18-13(2,3)4/h6,8H,5,7,9-10H2,1-4H3,(H,14,16)/b8-6-. The summed E-state index contributed by atoms with van der Waals surface area (Å²) in [6.07, 6.45) is 4.13. The quantitative estimate of drug-likeness (QED) is 0.586. The highest BCUT2D eigenvalue weighted by molar-refractivity contribution is 5.69. The van der Waals surface area contributed by atoms with Crippen LogP contribution in [-0.2, 0) is 14.3 Å². The van der Waals surface area contributed by atoms with Gasteiger partial charge in [-0.2, -0.15) is 0 Å². The van der Waals surface area contributed by atoms with Crippen LogP contribution in [0.5, 0.6) is 0 Å². The molecule has 0 bridgehead atoms. The molecule has 0 aromatic heterocycles. The average molecular weight is 257 g/mol. The fourth-order valence-electron chi connectivity index (χ4n) is 1.09. The van der Waals surface area contributed by atoms with E-state index in [2.05, 4.69) is 5.32 Å². The van der Waals surface area contributed by atoms with E-state index in [-0.39, 0.29) is 5.97 Å². The number of hydrogen-bond donors (Lipinski definition) is 1. The second kappa shape index (κ2) is 8.55. The van der Waals surface area contributed by atoms with Gasteiger partial charge < -0.3 is 14.8 Å². The average Bonchev–Trinajstić information content (AvgIpc) is 2.21. The molecule has 0 radical (unpaired) electrons. The lowest BCUT2D eigenvalue weighted by Gasteiger charge is -2.19. The fraction of sp³-hybridized carbons (Fsp3) is 0.692. The van der Waals surface area contributed by atoms with E-state index in [0.717, 1.165) is 0 Å². The van der Waals surface area contributed by atoms with Crippen molar-refractivity contribution in [2.24, 2.45) is 0 Å². The molecule has 18 heavy (non-hydrogen) atoms. The van der Waals surface area contributed by atoms with Crippen LogP contribution in [0, 0.1) is 0 Å². The van der Waals surface area contributed by atoms with Gasteiger partial charge in [0.15, 0.2) is 0 Å². The van der Waals surface area contributed by atoms with E-state index in [9.17, 15) is 9.59 Å². The van der Waals surface area contributed by atoms with E-state index in [4.69, 9.17) is 9.47 Å². The van der Waals surface area contributed by atoms with E-state index < -0.39 is 11.7 Å². The Bertz CT molecular complexity index is 292. The van der Waals surface area contributed by atoms with Crippen LogP contribution in [0.4, 0.5) is 4.79 Å². The van der Waals surface area contributed by atoms with Gasteiger partial charge in [0.1, 0.15) is 5.60 Å². The summed E-state index contributed by atoms with van der Waals surface area (Å²) in [6, 6.07) is 0.